The predicted octanol–water partition coefficient (Wildman–Crippen LogP) is 1.63. The summed E-state index contributed by atoms with van der Waals surface area (Å²) in [6.45, 7) is 7.94. The SMILES string of the molecule is CCCC(C)C(=O)N1CCN(c2ccc(CN)cn2)CC1. The van der Waals surface area contributed by atoms with Gasteiger partial charge in [0.25, 0.3) is 0 Å². The van der Waals surface area contributed by atoms with E-state index in [2.05, 4.69) is 16.8 Å². The van der Waals surface area contributed by atoms with Gasteiger partial charge in [0.15, 0.2) is 0 Å². The minimum atomic E-state index is 0.142. The van der Waals surface area contributed by atoms with Gasteiger partial charge >= 0.3 is 0 Å². The third-order valence-electron chi connectivity index (χ3n) is 4.10. The summed E-state index contributed by atoms with van der Waals surface area (Å²) in [5.74, 6) is 1.41. The molecule has 0 saturated carbocycles. The molecule has 2 N–H and O–H groups in total. The minimum absolute atomic E-state index is 0.142. The molecule has 5 nitrogen and oxygen atoms in total. The minimum Gasteiger partial charge on any atom is -0.353 e. The molecule has 1 aromatic rings. The Morgan fingerprint density at radius 1 is 1.33 bits per heavy atom. The second-order valence-electron chi connectivity index (χ2n) is 5.73. The number of anilines is 1. The monoisotopic (exact) mass is 290 g/mol. The van der Waals surface area contributed by atoms with Crippen LogP contribution in [0.25, 0.3) is 0 Å². The van der Waals surface area contributed by atoms with Crippen LogP contribution in [-0.2, 0) is 11.3 Å². The number of hydrogen-bond acceptors (Lipinski definition) is 4. The van der Waals surface area contributed by atoms with E-state index in [4.69, 9.17) is 5.73 Å². The Labute approximate surface area is 127 Å². The largest absolute Gasteiger partial charge is 0.353 e. The predicted molar refractivity (Wildman–Crippen MR) is 85.0 cm³/mol. The zero-order valence-corrected chi connectivity index (χ0v) is 13.1. The molecular formula is C16H26N4O. The van der Waals surface area contributed by atoms with Crippen LogP contribution in [0.2, 0.25) is 0 Å². The highest BCUT2D eigenvalue weighted by Gasteiger charge is 2.24. The standard InChI is InChI=1S/C16H26N4O/c1-3-4-13(2)16(21)20-9-7-19(8-10-20)15-6-5-14(11-17)12-18-15/h5-6,12-13H,3-4,7-11,17H2,1-2H3. The number of nitrogens with two attached hydrogens (primary N) is 1. The van der Waals surface area contributed by atoms with Crippen molar-refractivity contribution in [1.29, 1.82) is 0 Å². The lowest BCUT2D eigenvalue weighted by Crippen LogP contribution is -2.50. The van der Waals surface area contributed by atoms with Crippen molar-refractivity contribution in [3.05, 3.63) is 23.9 Å². The van der Waals surface area contributed by atoms with Gasteiger partial charge in [-0.1, -0.05) is 26.3 Å². The first-order valence-corrected chi connectivity index (χ1v) is 7.84. The second-order valence-corrected chi connectivity index (χ2v) is 5.73. The summed E-state index contributed by atoms with van der Waals surface area (Å²) in [6, 6.07) is 4.03. The van der Waals surface area contributed by atoms with Crippen molar-refractivity contribution in [2.45, 2.75) is 33.2 Å². The van der Waals surface area contributed by atoms with Crippen LogP contribution < -0.4 is 10.6 Å². The van der Waals surface area contributed by atoms with E-state index in [-0.39, 0.29) is 5.92 Å². The molecule has 2 rings (SSSR count). The van der Waals surface area contributed by atoms with E-state index >= 15 is 0 Å². The van der Waals surface area contributed by atoms with Crippen molar-refractivity contribution in [2.24, 2.45) is 11.7 Å². The van der Waals surface area contributed by atoms with E-state index in [1.165, 1.54) is 0 Å². The first-order valence-electron chi connectivity index (χ1n) is 7.84. The van der Waals surface area contributed by atoms with Gasteiger partial charge in [-0.3, -0.25) is 4.79 Å². The van der Waals surface area contributed by atoms with Gasteiger partial charge in [-0.25, -0.2) is 4.98 Å². The summed E-state index contributed by atoms with van der Waals surface area (Å²) in [7, 11) is 0. The highest BCUT2D eigenvalue weighted by molar-refractivity contribution is 5.78. The van der Waals surface area contributed by atoms with Crippen LogP contribution in [0.4, 0.5) is 5.82 Å². The van der Waals surface area contributed by atoms with E-state index in [1.807, 2.05) is 30.2 Å². The zero-order valence-electron chi connectivity index (χ0n) is 13.1. The summed E-state index contributed by atoms with van der Waals surface area (Å²) < 4.78 is 0. The summed E-state index contributed by atoms with van der Waals surface area (Å²) in [5.41, 5.74) is 6.63. The lowest BCUT2D eigenvalue weighted by atomic mass is 10.0. The van der Waals surface area contributed by atoms with Gasteiger partial charge in [0.05, 0.1) is 0 Å². The molecule has 0 aromatic carbocycles. The molecule has 1 aromatic heterocycles. The molecular weight excluding hydrogens is 264 g/mol. The van der Waals surface area contributed by atoms with Gasteiger partial charge in [0.1, 0.15) is 5.82 Å². The molecule has 5 heteroatoms. The average molecular weight is 290 g/mol. The Morgan fingerprint density at radius 2 is 2.05 bits per heavy atom. The molecule has 1 saturated heterocycles. The van der Waals surface area contributed by atoms with Crippen LogP contribution in [0.1, 0.15) is 32.3 Å². The molecule has 2 heterocycles. The molecule has 0 aliphatic carbocycles. The highest BCUT2D eigenvalue weighted by atomic mass is 16.2. The third kappa shape index (κ3) is 3.94. The Morgan fingerprint density at radius 3 is 2.57 bits per heavy atom. The number of amides is 1. The Balaban J connectivity index is 1.89. The summed E-state index contributed by atoms with van der Waals surface area (Å²) >= 11 is 0. The molecule has 0 spiro atoms. The molecule has 0 bridgehead atoms. The summed E-state index contributed by atoms with van der Waals surface area (Å²) in [6.07, 6.45) is 3.86. The van der Waals surface area contributed by atoms with E-state index < -0.39 is 0 Å². The van der Waals surface area contributed by atoms with Gasteiger partial charge in [-0.2, -0.15) is 0 Å². The van der Waals surface area contributed by atoms with Crippen molar-refractivity contribution in [3.63, 3.8) is 0 Å². The Hall–Kier alpha value is -1.62. The quantitative estimate of drug-likeness (QED) is 0.895. The summed E-state index contributed by atoms with van der Waals surface area (Å²) in [5, 5.41) is 0. The number of rotatable bonds is 5. The maximum atomic E-state index is 12.3. The lowest BCUT2D eigenvalue weighted by molar-refractivity contribution is -0.135. The van der Waals surface area contributed by atoms with Gasteiger partial charge < -0.3 is 15.5 Å². The smallest absolute Gasteiger partial charge is 0.225 e. The first-order chi connectivity index (χ1) is 10.2. The fraction of sp³-hybridized carbons (Fsp3) is 0.625. The fourth-order valence-corrected chi connectivity index (χ4v) is 2.75. The first kappa shape index (κ1) is 15.8. The molecule has 21 heavy (non-hydrogen) atoms. The van der Waals surface area contributed by atoms with E-state index in [0.717, 1.165) is 50.4 Å². The molecule has 1 fully saturated rings. The number of aromatic nitrogens is 1. The van der Waals surface area contributed by atoms with Crippen LogP contribution >= 0.6 is 0 Å². The van der Waals surface area contributed by atoms with Crippen LogP contribution in [-0.4, -0.2) is 42.0 Å². The zero-order chi connectivity index (χ0) is 15.2. The number of hydrogen-bond donors (Lipinski definition) is 1. The fourth-order valence-electron chi connectivity index (χ4n) is 2.75. The highest BCUT2D eigenvalue weighted by Crippen LogP contribution is 2.16. The van der Waals surface area contributed by atoms with E-state index in [9.17, 15) is 4.79 Å². The molecule has 1 amide bonds. The van der Waals surface area contributed by atoms with Crippen molar-refractivity contribution in [2.75, 3.05) is 31.1 Å². The molecule has 1 aliphatic rings. The van der Waals surface area contributed by atoms with Crippen molar-refractivity contribution in [3.8, 4) is 0 Å². The van der Waals surface area contributed by atoms with Gasteiger partial charge in [0, 0.05) is 44.8 Å². The normalized spacial score (nSPS) is 16.9. The van der Waals surface area contributed by atoms with Crippen LogP contribution in [0.5, 0.6) is 0 Å². The van der Waals surface area contributed by atoms with Gasteiger partial charge in [-0.15, -0.1) is 0 Å². The summed E-state index contributed by atoms with van der Waals surface area (Å²) in [4.78, 5) is 21.0. The second kappa shape index (κ2) is 7.41. The topological polar surface area (TPSA) is 62.5 Å². The average Bonchev–Trinajstić information content (AvgIpc) is 2.54. The van der Waals surface area contributed by atoms with Crippen molar-refractivity contribution in [1.82, 2.24) is 9.88 Å². The number of pyridine rings is 1. The van der Waals surface area contributed by atoms with Crippen LogP contribution in [0, 0.1) is 5.92 Å². The number of piperazine rings is 1. The third-order valence-corrected chi connectivity index (χ3v) is 4.10. The molecule has 1 aliphatic heterocycles. The molecule has 1 unspecified atom stereocenters. The van der Waals surface area contributed by atoms with E-state index in [1.54, 1.807) is 0 Å². The van der Waals surface area contributed by atoms with Gasteiger partial charge in [-0.05, 0) is 18.1 Å². The molecule has 1 atom stereocenters. The number of nitrogens with zero attached hydrogens (tertiary/aromatic N) is 3. The molecule has 116 valence electrons. The van der Waals surface area contributed by atoms with Crippen molar-refractivity contribution >= 4 is 11.7 Å². The maximum Gasteiger partial charge on any atom is 0.225 e. The van der Waals surface area contributed by atoms with Crippen LogP contribution in [0.3, 0.4) is 0 Å². The number of carbonyl (C=O) groups is 1. The Kier molecular flexibility index (Phi) is 5.56. The lowest BCUT2D eigenvalue weighted by Gasteiger charge is -2.36. The Bertz CT molecular complexity index is 452. The van der Waals surface area contributed by atoms with Gasteiger partial charge in [0.2, 0.25) is 5.91 Å². The maximum absolute atomic E-state index is 12.3. The van der Waals surface area contributed by atoms with Crippen molar-refractivity contribution < 1.29 is 4.79 Å². The molecule has 0 radical (unpaired) electrons. The van der Waals surface area contributed by atoms with Crippen LogP contribution in [0.15, 0.2) is 18.3 Å². The van der Waals surface area contributed by atoms with E-state index in [0.29, 0.717) is 12.5 Å². The number of carbonyl (C=O) groups excluding carboxylic acids is 1.